The molecule has 1 unspecified atom stereocenters. The fourth-order valence-corrected chi connectivity index (χ4v) is 2.38. The smallest absolute Gasteiger partial charge is 0.388 e. The first-order chi connectivity index (χ1) is 6.38. The van der Waals surface area contributed by atoms with Crippen LogP contribution in [0.2, 0.25) is 0 Å². The van der Waals surface area contributed by atoms with E-state index in [1.807, 2.05) is 0 Å². The number of halogens is 4. The molecule has 1 N–H and O–H groups in total. The van der Waals surface area contributed by atoms with Crippen LogP contribution in [0.5, 0.6) is 0 Å². The molecular weight excluding hydrogens is 328 g/mol. The van der Waals surface area contributed by atoms with Crippen LogP contribution in [0.25, 0.3) is 0 Å². The molecule has 0 saturated heterocycles. The molecule has 1 atom stereocenters. The average Bonchev–Trinajstić information content (AvgIpc) is 2.46. The fraction of sp³-hybridized carbons (Fsp3) is 0.500. The van der Waals surface area contributed by atoms with Crippen LogP contribution in [-0.4, -0.2) is 11.3 Å². The van der Waals surface area contributed by atoms with Crippen molar-refractivity contribution >= 4 is 33.9 Å². The molecule has 0 bridgehead atoms. The lowest BCUT2D eigenvalue weighted by Crippen LogP contribution is -2.09. The Bertz CT molecular complexity index is 297. The summed E-state index contributed by atoms with van der Waals surface area (Å²) in [7, 11) is 0. The highest BCUT2D eigenvalue weighted by Crippen LogP contribution is 2.29. The zero-order valence-electron chi connectivity index (χ0n) is 7.01. The van der Waals surface area contributed by atoms with E-state index in [9.17, 15) is 18.3 Å². The second-order valence-electron chi connectivity index (χ2n) is 2.85. The Labute approximate surface area is 97.1 Å². The number of thiophene rings is 1. The van der Waals surface area contributed by atoms with E-state index in [1.165, 1.54) is 11.3 Å². The Kier molecular flexibility index (Phi) is 4.20. The van der Waals surface area contributed by atoms with Crippen LogP contribution in [0.4, 0.5) is 13.2 Å². The van der Waals surface area contributed by atoms with Crippen molar-refractivity contribution in [3.63, 3.8) is 0 Å². The predicted octanol–water partition coefficient (Wildman–Crippen LogP) is 3.73. The summed E-state index contributed by atoms with van der Waals surface area (Å²) in [6, 6.07) is 1.70. The second kappa shape index (κ2) is 4.80. The van der Waals surface area contributed by atoms with Crippen LogP contribution >= 0.6 is 33.9 Å². The van der Waals surface area contributed by atoms with Gasteiger partial charge >= 0.3 is 6.18 Å². The molecule has 1 aromatic heterocycles. The quantitative estimate of drug-likeness (QED) is 0.834. The third-order valence-electron chi connectivity index (χ3n) is 1.67. The van der Waals surface area contributed by atoms with E-state index in [2.05, 4.69) is 22.6 Å². The standard InChI is InChI=1S/C8H8F3IOS/c9-8(10,11)2-1-6(13)5-3-7(12)14-4-5/h3-4,6,13H,1-2H2. The first kappa shape index (κ1) is 12.3. The van der Waals surface area contributed by atoms with E-state index >= 15 is 0 Å². The van der Waals surface area contributed by atoms with Gasteiger partial charge < -0.3 is 5.11 Å². The molecule has 0 fully saturated rings. The first-order valence-electron chi connectivity index (χ1n) is 3.87. The highest BCUT2D eigenvalue weighted by atomic mass is 127. The van der Waals surface area contributed by atoms with Gasteiger partial charge in [0.25, 0.3) is 0 Å². The number of alkyl halides is 3. The van der Waals surface area contributed by atoms with Gasteiger partial charge in [0, 0.05) is 6.42 Å². The average molecular weight is 336 g/mol. The minimum atomic E-state index is -4.19. The van der Waals surface area contributed by atoms with Gasteiger partial charge in [-0.05, 0) is 46.0 Å². The molecule has 0 aromatic carbocycles. The number of hydrogen-bond donors (Lipinski definition) is 1. The second-order valence-corrected chi connectivity index (χ2v) is 5.66. The van der Waals surface area contributed by atoms with Gasteiger partial charge in [-0.2, -0.15) is 13.2 Å². The SMILES string of the molecule is OC(CCC(F)(F)F)c1csc(I)c1. The van der Waals surface area contributed by atoms with Crippen LogP contribution in [0, 0.1) is 2.88 Å². The maximum atomic E-state index is 11.8. The Morgan fingerprint density at radius 2 is 2.14 bits per heavy atom. The molecule has 0 aliphatic carbocycles. The minimum Gasteiger partial charge on any atom is -0.388 e. The minimum absolute atomic E-state index is 0.268. The lowest BCUT2D eigenvalue weighted by molar-refractivity contribution is -0.140. The zero-order chi connectivity index (χ0) is 10.8. The van der Waals surface area contributed by atoms with Crippen LogP contribution < -0.4 is 0 Å². The molecule has 1 aromatic rings. The summed E-state index contributed by atoms with van der Waals surface area (Å²) in [6.45, 7) is 0. The normalized spacial score (nSPS) is 14.4. The Hall–Kier alpha value is 0.180. The van der Waals surface area contributed by atoms with Crippen molar-refractivity contribution in [1.29, 1.82) is 0 Å². The number of rotatable bonds is 3. The Morgan fingerprint density at radius 3 is 2.57 bits per heavy atom. The summed E-state index contributed by atoms with van der Waals surface area (Å²) in [6.07, 6.45) is -6.41. The number of aliphatic hydroxyl groups excluding tert-OH is 1. The molecule has 6 heteroatoms. The van der Waals surface area contributed by atoms with Crippen LogP contribution in [0.1, 0.15) is 24.5 Å². The summed E-state index contributed by atoms with van der Waals surface area (Å²) in [5.41, 5.74) is 0.573. The first-order valence-corrected chi connectivity index (χ1v) is 5.83. The summed E-state index contributed by atoms with van der Waals surface area (Å²) in [5, 5.41) is 11.1. The van der Waals surface area contributed by atoms with E-state index in [0.29, 0.717) is 5.56 Å². The summed E-state index contributed by atoms with van der Waals surface area (Å²) >= 11 is 3.48. The molecule has 14 heavy (non-hydrogen) atoms. The van der Waals surface area contributed by atoms with Gasteiger partial charge in [0.2, 0.25) is 0 Å². The molecule has 1 nitrogen and oxygen atoms in total. The molecule has 80 valence electrons. The van der Waals surface area contributed by atoms with Crippen molar-refractivity contribution in [3.05, 3.63) is 19.9 Å². The van der Waals surface area contributed by atoms with E-state index in [4.69, 9.17) is 0 Å². The van der Waals surface area contributed by atoms with E-state index in [1.54, 1.807) is 11.4 Å². The molecule has 0 aliphatic rings. The van der Waals surface area contributed by atoms with Gasteiger partial charge in [0.05, 0.1) is 8.99 Å². The van der Waals surface area contributed by atoms with Crippen LogP contribution in [-0.2, 0) is 0 Å². The number of hydrogen-bond acceptors (Lipinski definition) is 2. The summed E-state index contributed by atoms with van der Waals surface area (Å²) < 4.78 is 36.4. The monoisotopic (exact) mass is 336 g/mol. The van der Waals surface area contributed by atoms with Gasteiger partial charge in [0.15, 0.2) is 0 Å². The third kappa shape index (κ3) is 4.14. The van der Waals surface area contributed by atoms with Gasteiger partial charge in [-0.1, -0.05) is 0 Å². The van der Waals surface area contributed by atoms with Gasteiger partial charge in [-0.15, -0.1) is 11.3 Å². The van der Waals surface area contributed by atoms with Gasteiger partial charge in [0.1, 0.15) is 0 Å². The zero-order valence-corrected chi connectivity index (χ0v) is 9.99. The Balaban J connectivity index is 2.47. The van der Waals surface area contributed by atoms with E-state index in [0.717, 1.165) is 2.88 Å². The molecular formula is C8H8F3IOS. The summed E-state index contributed by atoms with van der Waals surface area (Å²) in [5.74, 6) is 0. The predicted molar refractivity (Wildman–Crippen MR) is 57.3 cm³/mol. The maximum Gasteiger partial charge on any atom is 0.389 e. The maximum absolute atomic E-state index is 11.8. The van der Waals surface area contributed by atoms with E-state index in [-0.39, 0.29) is 6.42 Å². The Morgan fingerprint density at radius 1 is 1.50 bits per heavy atom. The lowest BCUT2D eigenvalue weighted by Gasteiger charge is -2.10. The lowest BCUT2D eigenvalue weighted by atomic mass is 10.1. The van der Waals surface area contributed by atoms with Crippen molar-refractivity contribution in [2.75, 3.05) is 0 Å². The fourth-order valence-electron chi connectivity index (χ4n) is 0.965. The number of aliphatic hydroxyl groups is 1. The summed E-state index contributed by atoms with van der Waals surface area (Å²) in [4.78, 5) is 0. The van der Waals surface area contributed by atoms with Crippen molar-refractivity contribution in [1.82, 2.24) is 0 Å². The van der Waals surface area contributed by atoms with E-state index < -0.39 is 18.7 Å². The molecule has 0 saturated carbocycles. The topological polar surface area (TPSA) is 20.2 Å². The molecule has 0 amide bonds. The van der Waals surface area contributed by atoms with Crippen molar-refractivity contribution in [2.45, 2.75) is 25.1 Å². The third-order valence-corrected chi connectivity index (χ3v) is 3.48. The highest BCUT2D eigenvalue weighted by molar-refractivity contribution is 14.1. The van der Waals surface area contributed by atoms with Crippen molar-refractivity contribution in [2.24, 2.45) is 0 Å². The molecule has 1 heterocycles. The van der Waals surface area contributed by atoms with Crippen molar-refractivity contribution < 1.29 is 18.3 Å². The van der Waals surface area contributed by atoms with Crippen LogP contribution in [0.15, 0.2) is 11.4 Å². The van der Waals surface area contributed by atoms with Gasteiger partial charge in [-0.25, -0.2) is 0 Å². The molecule has 0 spiro atoms. The van der Waals surface area contributed by atoms with Gasteiger partial charge in [-0.3, -0.25) is 0 Å². The van der Waals surface area contributed by atoms with Crippen molar-refractivity contribution in [3.8, 4) is 0 Å². The highest BCUT2D eigenvalue weighted by Gasteiger charge is 2.28. The van der Waals surface area contributed by atoms with Crippen LogP contribution in [0.3, 0.4) is 0 Å². The largest absolute Gasteiger partial charge is 0.389 e. The molecule has 0 aliphatic heterocycles. The molecule has 0 radical (unpaired) electrons. The molecule has 1 rings (SSSR count).